The molecule has 0 spiro atoms. The Bertz CT molecular complexity index is 1800. The van der Waals surface area contributed by atoms with Crippen LogP contribution in [0.3, 0.4) is 0 Å². The van der Waals surface area contributed by atoms with Gasteiger partial charge in [-0.3, -0.25) is 4.79 Å². The van der Waals surface area contributed by atoms with E-state index in [0.717, 1.165) is 5.39 Å². The Balaban J connectivity index is 1.37. The summed E-state index contributed by atoms with van der Waals surface area (Å²) in [6, 6.07) is 30.2. The number of benzene rings is 4. The molecule has 0 aliphatic carbocycles. The van der Waals surface area contributed by atoms with Gasteiger partial charge in [0.25, 0.3) is 5.56 Å². The number of aromatic nitrogens is 2. The molecule has 6 aromatic rings. The molecular weight excluding hydrogens is 469 g/mol. The smallest absolute Gasteiger partial charge is 0.282 e. The summed E-state index contributed by atoms with van der Waals surface area (Å²) in [5.41, 5.74) is 2.09. The number of hydrogen-bond donors (Lipinski definition) is 0. The normalized spacial score (nSPS) is 11.5. The zero-order chi connectivity index (χ0) is 25.2. The number of rotatable bonds is 6. The molecule has 0 bridgehead atoms. The summed E-state index contributed by atoms with van der Waals surface area (Å²) in [5, 5.41) is 5.83. The first-order valence-electron chi connectivity index (χ1n) is 11.7. The summed E-state index contributed by atoms with van der Waals surface area (Å²) in [5.74, 6) is 0.960. The minimum Gasteiger partial charge on any atom is -0.489 e. The molecule has 37 heavy (non-hydrogen) atoms. The van der Waals surface area contributed by atoms with Crippen molar-refractivity contribution >= 4 is 28.1 Å². The van der Waals surface area contributed by atoms with E-state index in [1.807, 2.05) is 42.5 Å². The van der Waals surface area contributed by atoms with Crippen molar-refractivity contribution < 1.29 is 13.5 Å². The molecule has 4 aromatic carbocycles. The largest absolute Gasteiger partial charge is 0.489 e. The highest BCUT2D eigenvalue weighted by Gasteiger charge is 2.16. The predicted octanol–water partition coefficient (Wildman–Crippen LogP) is 6.41. The third-order valence-electron chi connectivity index (χ3n) is 5.93. The molecule has 0 aliphatic rings. The van der Waals surface area contributed by atoms with E-state index in [1.54, 1.807) is 60.8 Å². The molecule has 180 valence electrons. The van der Waals surface area contributed by atoms with Crippen LogP contribution < -0.4 is 10.3 Å². The first-order chi connectivity index (χ1) is 18.2. The summed E-state index contributed by atoms with van der Waals surface area (Å²) in [6.07, 6.45) is 1.56. The molecule has 0 amide bonds. The van der Waals surface area contributed by atoms with Crippen molar-refractivity contribution in [2.75, 3.05) is 0 Å². The van der Waals surface area contributed by atoms with E-state index < -0.39 is 0 Å². The Kier molecular flexibility index (Phi) is 5.78. The van der Waals surface area contributed by atoms with Gasteiger partial charge in [0.15, 0.2) is 5.76 Å². The Labute approximate surface area is 210 Å². The van der Waals surface area contributed by atoms with E-state index >= 15 is 0 Å². The average Bonchev–Trinajstić information content (AvgIpc) is 3.37. The molecule has 0 atom stereocenters. The number of hydrogen-bond acceptors (Lipinski definition) is 5. The van der Waals surface area contributed by atoms with Gasteiger partial charge < -0.3 is 9.15 Å². The van der Waals surface area contributed by atoms with Crippen molar-refractivity contribution in [3.63, 3.8) is 0 Å². The minimum atomic E-state index is -0.318. The fraction of sp³-hybridized carbons (Fsp3) is 0.0333. The summed E-state index contributed by atoms with van der Waals surface area (Å²) in [7, 11) is 0. The Morgan fingerprint density at radius 3 is 2.62 bits per heavy atom. The topological polar surface area (TPSA) is 69.6 Å². The summed E-state index contributed by atoms with van der Waals surface area (Å²) < 4.78 is 27.0. The van der Waals surface area contributed by atoms with E-state index in [9.17, 15) is 9.18 Å². The van der Waals surface area contributed by atoms with Crippen molar-refractivity contribution in [1.82, 2.24) is 9.66 Å². The second-order valence-electron chi connectivity index (χ2n) is 8.42. The van der Waals surface area contributed by atoms with E-state index in [-0.39, 0.29) is 18.0 Å². The van der Waals surface area contributed by atoms with Crippen LogP contribution in [0, 0.1) is 5.82 Å². The van der Waals surface area contributed by atoms with E-state index in [1.165, 1.54) is 10.7 Å². The predicted molar refractivity (Wildman–Crippen MR) is 141 cm³/mol. The van der Waals surface area contributed by atoms with E-state index in [2.05, 4.69) is 5.10 Å². The van der Waals surface area contributed by atoms with Crippen LogP contribution in [-0.2, 0) is 6.61 Å². The van der Waals surface area contributed by atoms with Crippen molar-refractivity contribution in [3.8, 4) is 17.3 Å². The van der Waals surface area contributed by atoms with Crippen LogP contribution in [0.5, 0.6) is 5.75 Å². The van der Waals surface area contributed by atoms with Gasteiger partial charge >= 0.3 is 0 Å². The number of furan rings is 1. The summed E-state index contributed by atoms with van der Waals surface area (Å²) in [6.45, 7) is 0.0948. The second kappa shape index (κ2) is 9.54. The lowest BCUT2D eigenvalue weighted by Gasteiger charge is -2.08. The van der Waals surface area contributed by atoms with Gasteiger partial charge in [-0.15, -0.1) is 0 Å². The molecule has 0 saturated heterocycles. The molecule has 0 fully saturated rings. The van der Waals surface area contributed by atoms with Crippen molar-refractivity contribution in [1.29, 1.82) is 0 Å². The van der Waals surface area contributed by atoms with Crippen LogP contribution in [0.1, 0.15) is 11.1 Å². The fourth-order valence-electron chi connectivity index (χ4n) is 4.07. The quantitative estimate of drug-likeness (QED) is 0.254. The first-order valence-corrected chi connectivity index (χ1v) is 11.7. The number of fused-ring (bicyclic) bond motifs is 2. The van der Waals surface area contributed by atoms with Crippen LogP contribution in [0.25, 0.3) is 33.5 Å². The third kappa shape index (κ3) is 4.50. The van der Waals surface area contributed by atoms with Gasteiger partial charge in [0.2, 0.25) is 5.82 Å². The lowest BCUT2D eigenvalue weighted by molar-refractivity contribution is 0.300. The molecule has 2 aromatic heterocycles. The van der Waals surface area contributed by atoms with Crippen LogP contribution >= 0.6 is 0 Å². The highest BCUT2D eigenvalue weighted by atomic mass is 19.1. The van der Waals surface area contributed by atoms with Crippen LogP contribution in [0.15, 0.2) is 117 Å². The maximum Gasteiger partial charge on any atom is 0.282 e. The zero-order valence-corrected chi connectivity index (χ0v) is 19.5. The van der Waals surface area contributed by atoms with Gasteiger partial charge in [-0.2, -0.15) is 9.78 Å². The standard InChI is InChI=1S/C30H20FN3O3/c31-25-13-4-1-10-22(25)19-36-23-11-7-8-20(16-23)18-32-34-29(28-17-21-9-2-6-15-27(21)37-28)33-26-14-5-3-12-24(26)30(34)35/h1-18H,19H2. The first kappa shape index (κ1) is 22.4. The van der Waals surface area contributed by atoms with E-state index in [4.69, 9.17) is 14.1 Å². The van der Waals surface area contributed by atoms with Gasteiger partial charge in [0.1, 0.15) is 23.8 Å². The van der Waals surface area contributed by atoms with Crippen molar-refractivity contribution in [2.45, 2.75) is 6.61 Å². The minimum absolute atomic E-state index is 0.0948. The third-order valence-corrected chi connectivity index (χ3v) is 5.93. The SMILES string of the molecule is O=c1c2ccccc2nc(-c2cc3ccccc3o2)n1N=Cc1cccc(OCc2ccccc2F)c1. The lowest BCUT2D eigenvalue weighted by Crippen LogP contribution is -2.20. The maximum atomic E-state index is 13.9. The summed E-state index contributed by atoms with van der Waals surface area (Å²) in [4.78, 5) is 18.1. The highest BCUT2D eigenvalue weighted by Crippen LogP contribution is 2.27. The van der Waals surface area contributed by atoms with Crippen LogP contribution in [-0.4, -0.2) is 15.9 Å². The Hall–Kier alpha value is -5.04. The number of halogens is 1. The van der Waals surface area contributed by atoms with Crippen molar-refractivity contribution in [2.24, 2.45) is 5.10 Å². The molecule has 7 heteroatoms. The van der Waals surface area contributed by atoms with Gasteiger partial charge in [0.05, 0.1) is 17.1 Å². The van der Waals surface area contributed by atoms with Crippen molar-refractivity contribution in [3.05, 3.63) is 130 Å². The van der Waals surface area contributed by atoms with Gasteiger partial charge in [-0.1, -0.05) is 60.7 Å². The van der Waals surface area contributed by atoms with Gasteiger partial charge in [-0.25, -0.2) is 9.37 Å². The van der Waals surface area contributed by atoms with E-state index in [0.29, 0.717) is 44.9 Å². The molecular formula is C30H20FN3O3. The van der Waals surface area contributed by atoms with Gasteiger partial charge in [-0.05, 0) is 48.0 Å². The number of para-hydroxylation sites is 2. The Morgan fingerprint density at radius 1 is 0.919 bits per heavy atom. The molecule has 0 aliphatic heterocycles. The molecule has 6 rings (SSSR count). The highest BCUT2D eigenvalue weighted by molar-refractivity contribution is 5.84. The van der Waals surface area contributed by atoms with Crippen LogP contribution in [0.2, 0.25) is 0 Å². The van der Waals surface area contributed by atoms with Crippen LogP contribution in [0.4, 0.5) is 4.39 Å². The number of ether oxygens (including phenoxy) is 1. The molecule has 6 nitrogen and oxygen atoms in total. The fourth-order valence-corrected chi connectivity index (χ4v) is 4.07. The second-order valence-corrected chi connectivity index (χ2v) is 8.42. The summed E-state index contributed by atoms with van der Waals surface area (Å²) >= 11 is 0. The maximum absolute atomic E-state index is 13.9. The molecule has 2 heterocycles. The Morgan fingerprint density at radius 2 is 1.73 bits per heavy atom. The molecule has 0 N–H and O–H groups in total. The zero-order valence-electron chi connectivity index (χ0n) is 19.5. The van der Waals surface area contributed by atoms with Gasteiger partial charge in [0, 0.05) is 10.9 Å². The lowest BCUT2D eigenvalue weighted by atomic mass is 10.2. The molecule has 0 radical (unpaired) electrons. The average molecular weight is 490 g/mol. The monoisotopic (exact) mass is 489 g/mol. The molecule has 0 saturated carbocycles. The number of nitrogens with zero attached hydrogens (tertiary/aromatic N) is 3. The molecule has 0 unspecified atom stereocenters.